The molecule has 2 aromatic rings. The Kier molecular flexibility index (Phi) is 6.76. The first-order chi connectivity index (χ1) is 15.4. The van der Waals surface area contributed by atoms with E-state index in [-0.39, 0.29) is 5.91 Å². The number of rotatable bonds is 7. The Balaban J connectivity index is 1.35. The Morgan fingerprint density at radius 1 is 1.41 bits per heavy atom. The minimum absolute atomic E-state index is 0.0652. The molecule has 32 heavy (non-hydrogen) atoms. The summed E-state index contributed by atoms with van der Waals surface area (Å²) in [7, 11) is 0. The largest absolute Gasteiger partial charge is 0.383 e. The lowest BCUT2D eigenvalue weighted by Gasteiger charge is -2.34. The highest BCUT2D eigenvalue weighted by Gasteiger charge is 2.39. The van der Waals surface area contributed by atoms with Crippen LogP contribution in [0.5, 0.6) is 0 Å². The average molecular weight is 453 g/mol. The fraction of sp³-hybridized carbons (Fsp3) is 0.435. The maximum Gasteiger partial charge on any atom is 0.251 e. The number of hydrogen-bond donors (Lipinski definition) is 2. The maximum absolute atomic E-state index is 11.5. The fourth-order valence-electron chi connectivity index (χ4n) is 3.65. The molecule has 2 fully saturated rings. The molecule has 1 saturated heterocycles. The molecule has 1 saturated carbocycles. The minimum atomic E-state index is -0.728. The summed E-state index contributed by atoms with van der Waals surface area (Å²) in [4.78, 5) is 32.1. The lowest BCUT2D eigenvalue weighted by molar-refractivity contribution is -0.120. The van der Waals surface area contributed by atoms with Gasteiger partial charge in [-0.1, -0.05) is 12.2 Å². The van der Waals surface area contributed by atoms with Gasteiger partial charge < -0.3 is 15.3 Å². The molecule has 0 bridgehead atoms. The van der Waals surface area contributed by atoms with Crippen molar-refractivity contribution in [2.45, 2.75) is 51.0 Å². The van der Waals surface area contributed by atoms with E-state index in [4.69, 9.17) is 0 Å². The number of thiazole rings is 1. The highest BCUT2D eigenvalue weighted by molar-refractivity contribution is 7.12. The number of anilines is 1. The van der Waals surface area contributed by atoms with E-state index in [0.717, 1.165) is 59.1 Å². The number of hydrogen-bond acceptors (Lipinski definition) is 8. The number of aliphatic hydroxyl groups is 1. The quantitative estimate of drug-likeness (QED) is 0.621. The molecule has 0 radical (unpaired) electrons. The molecule has 1 aliphatic heterocycles. The van der Waals surface area contributed by atoms with Gasteiger partial charge in [0.15, 0.2) is 0 Å². The van der Waals surface area contributed by atoms with E-state index in [2.05, 4.69) is 31.8 Å². The third kappa shape index (κ3) is 5.28. The molecule has 0 unspecified atom stereocenters. The minimum Gasteiger partial charge on any atom is -0.383 e. The van der Waals surface area contributed by atoms with Gasteiger partial charge in [0.1, 0.15) is 16.4 Å². The summed E-state index contributed by atoms with van der Waals surface area (Å²) < 4.78 is 0. The van der Waals surface area contributed by atoms with E-state index in [1.165, 1.54) is 11.3 Å². The number of nitrogens with zero attached hydrogens (tertiary/aromatic N) is 5. The van der Waals surface area contributed by atoms with Gasteiger partial charge in [0, 0.05) is 31.6 Å². The highest BCUT2D eigenvalue weighted by Crippen LogP contribution is 2.43. The normalized spacial score (nSPS) is 18.9. The van der Waals surface area contributed by atoms with Gasteiger partial charge in [0.2, 0.25) is 5.91 Å². The molecule has 2 N–H and O–H groups in total. The maximum atomic E-state index is 11.5. The molecule has 2 aliphatic rings. The smallest absolute Gasteiger partial charge is 0.251 e. The lowest BCUT2D eigenvalue weighted by atomic mass is 9.81. The molecular weight excluding hydrogens is 424 g/mol. The monoisotopic (exact) mass is 452 g/mol. The number of carbonyl (C=O) groups excluding carboxylic acids is 1. The van der Waals surface area contributed by atoms with Crippen molar-refractivity contribution in [1.82, 2.24) is 20.3 Å². The third-order valence-corrected chi connectivity index (χ3v) is 7.02. The van der Waals surface area contributed by atoms with Crippen LogP contribution < -0.4 is 10.2 Å². The second-order valence-corrected chi connectivity index (χ2v) is 9.36. The predicted molar refractivity (Wildman–Crippen MR) is 127 cm³/mol. The lowest BCUT2D eigenvalue weighted by Crippen LogP contribution is -2.34. The van der Waals surface area contributed by atoms with Gasteiger partial charge in [-0.2, -0.15) is 4.98 Å². The number of nitrogens with one attached hydrogen (secondary N) is 1. The third-order valence-electron chi connectivity index (χ3n) is 5.73. The summed E-state index contributed by atoms with van der Waals surface area (Å²) in [5.41, 5.74) is 1.34. The second-order valence-electron chi connectivity index (χ2n) is 8.33. The zero-order valence-electron chi connectivity index (χ0n) is 18.3. The van der Waals surface area contributed by atoms with Gasteiger partial charge in [-0.15, -0.1) is 11.3 Å². The second kappa shape index (κ2) is 9.70. The van der Waals surface area contributed by atoms with Crippen molar-refractivity contribution in [1.29, 1.82) is 0 Å². The standard InChI is InChI=1S/C23H28N6O2S/c1-16(13-17(2)18-14-26-21(32-18)23(31)8-4-9-23)6-10-24-22-25-11-7-19(28-22)29-12-3-5-20(30)27-15-29/h6-7,10-11,14,31H,2-5,8-9,12-13,15H2,1H3,(H,27,30)/b16-6-,24-10?. The van der Waals surface area contributed by atoms with E-state index in [1.54, 1.807) is 12.4 Å². The first-order valence-electron chi connectivity index (χ1n) is 10.8. The molecule has 1 aliphatic carbocycles. The van der Waals surface area contributed by atoms with Crippen LogP contribution in [0.2, 0.25) is 0 Å². The molecule has 4 rings (SSSR count). The van der Waals surface area contributed by atoms with Gasteiger partial charge in [0.05, 0.1) is 11.5 Å². The first kappa shape index (κ1) is 22.3. The van der Waals surface area contributed by atoms with Crippen molar-refractivity contribution in [2.24, 2.45) is 4.99 Å². The van der Waals surface area contributed by atoms with Crippen LogP contribution in [-0.2, 0) is 10.4 Å². The molecule has 1 amide bonds. The Morgan fingerprint density at radius 3 is 3.03 bits per heavy atom. The summed E-state index contributed by atoms with van der Waals surface area (Å²) in [6.07, 6.45) is 11.8. The zero-order chi connectivity index (χ0) is 22.6. The summed E-state index contributed by atoms with van der Waals surface area (Å²) in [6.45, 7) is 7.42. The van der Waals surface area contributed by atoms with Crippen LogP contribution in [0, 0.1) is 0 Å². The summed E-state index contributed by atoms with van der Waals surface area (Å²) in [5, 5.41) is 14.1. The number of allylic oxidation sites excluding steroid dienone is 3. The molecule has 0 aromatic carbocycles. The van der Waals surface area contributed by atoms with Crippen molar-refractivity contribution in [3.63, 3.8) is 0 Å². The van der Waals surface area contributed by atoms with E-state index in [1.807, 2.05) is 30.2 Å². The van der Waals surface area contributed by atoms with Crippen LogP contribution in [0.3, 0.4) is 0 Å². The van der Waals surface area contributed by atoms with E-state index >= 15 is 0 Å². The molecule has 8 nitrogen and oxygen atoms in total. The van der Waals surface area contributed by atoms with Crippen LogP contribution in [0.15, 0.2) is 41.7 Å². The molecule has 0 spiro atoms. The van der Waals surface area contributed by atoms with Crippen LogP contribution in [-0.4, -0.2) is 45.4 Å². The Bertz CT molecular complexity index is 1060. The summed E-state index contributed by atoms with van der Waals surface area (Å²) in [5.74, 6) is 1.19. The highest BCUT2D eigenvalue weighted by atomic mass is 32.1. The summed E-state index contributed by atoms with van der Waals surface area (Å²) >= 11 is 1.53. The van der Waals surface area contributed by atoms with Gasteiger partial charge in [-0.25, -0.2) is 15.0 Å². The van der Waals surface area contributed by atoms with Gasteiger partial charge >= 0.3 is 0 Å². The van der Waals surface area contributed by atoms with Gasteiger partial charge in [-0.05, 0) is 56.7 Å². The van der Waals surface area contributed by atoms with Crippen molar-refractivity contribution < 1.29 is 9.90 Å². The molecule has 2 aromatic heterocycles. The van der Waals surface area contributed by atoms with E-state index in [0.29, 0.717) is 25.5 Å². The zero-order valence-corrected chi connectivity index (χ0v) is 19.1. The topological polar surface area (TPSA) is 104 Å². The SMILES string of the molecule is C=C(C/C(C)=C\C=Nc1nccc(N2CCCC(=O)NC2)n1)c1cnc(C2(O)CCC2)s1. The van der Waals surface area contributed by atoms with Crippen molar-refractivity contribution >= 4 is 40.8 Å². The Morgan fingerprint density at radius 2 is 2.25 bits per heavy atom. The number of amides is 1. The van der Waals surface area contributed by atoms with Crippen molar-refractivity contribution in [3.05, 3.63) is 46.6 Å². The fourth-order valence-corrected chi connectivity index (χ4v) is 4.68. The first-order valence-corrected chi connectivity index (χ1v) is 11.7. The number of carbonyl (C=O) groups is 1. The molecular formula is C23H28N6O2S. The van der Waals surface area contributed by atoms with Crippen molar-refractivity contribution in [3.8, 4) is 0 Å². The summed E-state index contributed by atoms with van der Waals surface area (Å²) in [6, 6.07) is 1.82. The van der Waals surface area contributed by atoms with Gasteiger partial charge in [-0.3, -0.25) is 4.79 Å². The number of aliphatic imine (C=N–C) groups is 1. The molecule has 9 heteroatoms. The Labute approximate surface area is 191 Å². The molecule has 0 atom stereocenters. The Hall–Kier alpha value is -2.91. The van der Waals surface area contributed by atoms with Crippen LogP contribution >= 0.6 is 11.3 Å². The van der Waals surface area contributed by atoms with Crippen LogP contribution in [0.25, 0.3) is 5.57 Å². The predicted octanol–water partition coefficient (Wildman–Crippen LogP) is 3.73. The molecule has 168 valence electrons. The van der Waals surface area contributed by atoms with Crippen molar-refractivity contribution in [2.75, 3.05) is 18.1 Å². The van der Waals surface area contributed by atoms with E-state index < -0.39 is 5.60 Å². The van der Waals surface area contributed by atoms with E-state index in [9.17, 15) is 9.90 Å². The van der Waals surface area contributed by atoms with Crippen LogP contribution in [0.1, 0.15) is 55.3 Å². The molecule has 3 heterocycles. The van der Waals surface area contributed by atoms with Crippen LogP contribution in [0.4, 0.5) is 11.8 Å². The average Bonchev–Trinajstić information content (AvgIpc) is 3.15. The number of aromatic nitrogens is 3. The van der Waals surface area contributed by atoms with Gasteiger partial charge in [0.25, 0.3) is 5.95 Å².